The van der Waals surface area contributed by atoms with Crippen molar-refractivity contribution in [3.8, 4) is 17.2 Å². The summed E-state index contributed by atoms with van der Waals surface area (Å²) in [5.74, 6) is 2.46. The van der Waals surface area contributed by atoms with E-state index in [2.05, 4.69) is 195 Å². The lowest BCUT2D eigenvalue weighted by atomic mass is 9.74. The van der Waals surface area contributed by atoms with Gasteiger partial charge in [0.1, 0.15) is 18.1 Å². The summed E-state index contributed by atoms with van der Waals surface area (Å²) < 4.78 is 15.5. The van der Waals surface area contributed by atoms with Gasteiger partial charge in [-0.1, -0.05) is 138 Å². The van der Waals surface area contributed by atoms with Crippen LogP contribution >= 0.6 is 0 Å². The highest BCUT2D eigenvalue weighted by molar-refractivity contribution is 6.09. The maximum Gasteiger partial charge on any atom is 0.246 e. The molecule has 0 saturated heterocycles. The Labute approximate surface area is 349 Å². The van der Waals surface area contributed by atoms with Crippen LogP contribution in [-0.2, 0) is 6.61 Å². The van der Waals surface area contributed by atoms with Gasteiger partial charge in [0.25, 0.3) is 0 Å². The lowest BCUT2D eigenvalue weighted by molar-refractivity contribution is 0.301. The summed E-state index contributed by atoms with van der Waals surface area (Å²) in [7, 11) is 0. The molecule has 1 aliphatic rings. The lowest BCUT2D eigenvalue weighted by Gasteiger charge is -2.31. The van der Waals surface area contributed by atoms with Crippen molar-refractivity contribution in [3.05, 3.63) is 174 Å². The standard InChI is InChI=1S/C53H54N4O2/c1-8-17-47(53(4,5)6)38-29-27-37(28-30-38)35-58-42-20-16-19-39(31-42)52(55-54-7)59-43-33-40(56-48(18-9-2)36(3)44-21-10-13-24-49(44)56)32-41(34-43)57-50-25-14-11-22-45(50)46-23-12-15-26-51(46)57/h9-16,18-34,36,47-48H,7-8,17,35H2,1-6H3/b18-9-,55-52-. The highest BCUT2D eigenvalue weighted by Crippen LogP contribution is 2.47. The summed E-state index contributed by atoms with van der Waals surface area (Å²) >= 11 is 0. The minimum Gasteiger partial charge on any atom is -0.489 e. The molecule has 59 heavy (non-hydrogen) atoms. The third-order valence-electron chi connectivity index (χ3n) is 11.7. The largest absolute Gasteiger partial charge is 0.489 e. The molecule has 0 N–H and O–H groups in total. The molecule has 3 atom stereocenters. The van der Waals surface area contributed by atoms with Gasteiger partial charge < -0.3 is 18.9 Å². The summed E-state index contributed by atoms with van der Waals surface area (Å²) in [4.78, 5) is 2.43. The number of hydrogen-bond donors (Lipinski definition) is 0. The molecule has 0 bridgehead atoms. The number of rotatable bonds is 12. The summed E-state index contributed by atoms with van der Waals surface area (Å²) in [5, 5.41) is 10.8. The molecule has 7 aromatic rings. The van der Waals surface area contributed by atoms with E-state index in [4.69, 9.17) is 9.47 Å². The fraction of sp³-hybridized carbons (Fsp3) is 0.245. The fourth-order valence-corrected chi connectivity index (χ4v) is 8.95. The Morgan fingerprint density at radius 3 is 2.14 bits per heavy atom. The third-order valence-corrected chi connectivity index (χ3v) is 11.7. The van der Waals surface area contributed by atoms with Crippen LogP contribution in [0.4, 0.5) is 11.4 Å². The number of allylic oxidation sites excluding steroid dienone is 1. The Hall–Kier alpha value is -6.40. The summed E-state index contributed by atoms with van der Waals surface area (Å²) in [6.45, 7) is 17.8. The van der Waals surface area contributed by atoms with Crippen molar-refractivity contribution in [1.82, 2.24) is 4.57 Å². The summed E-state index contributed by atoms with van der Waals surface area (Å²) in [6.07, 6.45) is 6.78. The van der Waals surface area contributed by atoms with E-state index < -0.39 is 0 Å². The smallest absolute Gasteiger partial charge is 0.246 e. The normalized spacial score (nSPS) is 16.2. The van der Waals surface area contributed by atoms with Gasteiger partial charge in [0, 0.05) is 52.5 Å². The molecule has 1 aliphatic heterocycles. The van der Waals surface area contributed by atoms with E-state index in [1.54, 1.807) is 0 Å². The van der Waals surface area contributed by atoms with Crippen molar-refractivity contribution in [1.29, 1.82) is 0 Å². The van der Waals surface area contributed by atoms with Gasteiger partial charge >= 0.3 is 0 Å². The first-order valence-electron chi connectivity index (χ1n) is 20.9. The van der Waals surface area contributed by atoms with Crippen molar-refractivity contribution < 1.29 is 9.47 Å². The van der Waals surface area contributed by atoms with Gasteiger partial charge in [0.15, 0.2) is 0 Å². The average molecular weight is 779 g/mol. The number of fused-ring (bicyclic) bond motifs is 4. The van der Waals surface area contributed by atoms with Gasteiger partial charge in [-0.2, -0.15) is 5.10 Å². The first-order valence-corrected chi connectivity index (χ1v) is 20.9. The van der Waals surface area contributed by atoms with Gasteiger partial charge in [0.05, 0.1) is 22.8 Å². The minimum absolute atomic E-state index is 0.114. The Morgan fingerprint density at radius 2 is 1.46 bits per heavy atom. The van der Waals surface area contributed by atoms with Gasteiger partial charge in [-0.3, -0.25) is 0 Å². The maximum absolute atomic E-state index is 6.82. The Bertz CT molecular complexity index is 2610. The van der Waals surface area contributed by atoms with Crippen LogP contribution in [0.2, 0.25) is 0 Å². The molecule has 8 rings (SSSR count). The lowest BCUT2D eigenvalue weighted by Crippen LogP contribution is -2.27. The molecule has 298 valence electrons. The zero-order valence-corrected chi connectivity index (χ0v) is 35.1. The molecule has 0 aliphatic carbocycles. The monoisotopic (exact) mass is 778 g/mol. The Kier molecular flexibility index (Phi) is 11.2. The first kappa shape index (κ1) is 39.4. The molecule has 0 fully saturated rings. The zero-order valence-electron chi connectivity index (χ0n) is 35.1. The highest BCUT2D eigenvalue weighted by atomic mass is 16.5. The van der Waals surface area contributed by atoms with E-state index in [9.17, 15) is 0 Å². The predicted molar refractivity (Wildman–Crippen MR) is 247 cm³/mol. The average Bonchev–Trinajstić information content (AvgIpc) is 3.73. The number of para-hydroxylation sites is 3. The molecule has 0 radical (unpaired) electrons. The Morgan fingerprint density at radius 1 is 0.780 bits per heavy atom. The second-order valence-electron chi connectivity index (χ2n) is 16.7. The maximum atomic E-state index is 6.82. The molecule has 6 nitrogen and oxygen atoms in total. The van der Waals surface area contributed by atoms with Gasteiger partial charge in [-0.05, 0) is 83.8 Å². The highest BCUT2D eigenvalue weighted by Gasteiger charge is 2.35. The van der Waals surface area contributed by atoms with Crippen LogP contribution in [0.5, 0.6) is 11.5 Å². The van der Waals surface area contributed by atoms with E-state index in [1.165, 1.54) is 34.0 Å². The number of benzene rings is 6. The van der Waals surface area contributed by atoms with Crippen LogP contribution in [0.15, 0.2) is 162 Å². The van der Waals surface area contributed by atoms with E-state index in [1.807, 2.05) is 24.3 Å². The van der Waals surface area contributed by atoms with Crippen molar-refractivity contribution in [2.45, 2.75) is 78.9 Å². The SMILES string of the molecule is C=N/N=C(\Oc1cc(N2c3ccccc3C(C)C2/C=C\C)cc(-n2c3ccccc3c3ccccc32)c1)c1cccc(OCc2ccc(C(CCC)C(C)(C)C)cc2)c1. The fourth-order valence-electron chi connectivity index (χ4n) is 8.95. The predicted octanol–water partition coefficient (Wildman–Crippen LogP) is 13.9. The number of hydrogen-bond acceptors (Lipinski definition) is 5. The second kappa shape index (κ2) is 16.8. The van der Waals surface area contributed by atoms with E-state index >= 15 is 0 Å². The number of ether oxygens (including phenoxy) is 2. The second-order valence-corrected chi connectivity index (χ2v) is 16.7. The molecule has 2 heterocycles. The van der Waals surface area contributed by atoms with E-state index in [-0.39, 0.29) is 17.4 Å². The molecular formula is C53H54N4O2. The van der Waals surface area contributed by atoms with Gasteiger partial charge in [-0.25, -0.2) is 0 Å². The first-order chi connectivity index (χ1) is 28.7. The van der Waals surface area contributed by atoms with E-state index in [0.29, 0.717) is 29.9 Å². The van der Waals surface area contributed by atoms with Crippen molar-refractivity contribution >= 4 is 45.8 Å². The zero-order chi connectivity index (χ0) is 41.1. The number of anilines is 2. The van der Waals surface area contributed by atoms with Crippen LogP contribution in [0.1, 0.15) is 88.5 Å². The molecular weight excluding hydrogens is 725 g/mol. The van der Waals surface area contributed by atoms with Crippen molar-refractivity contribution in [2.24, 2.45) is 15.6 Å². The molecule has 1 aromatic heterocycles. The molecule has 0 amide bonds. The third kappa shape index (κ3) is 7.92. The van der Waals surface area contributed by atoms with Crippen molar-refractivity contribution in [3.63, 3.8) is 0 Å². The van der Waals surface area contributed by atoms with Gasteiger partial charge in [0.2, 0.25) is 5.90 Å². The van der Waals surface area contributed by atoms with Crippen LogP contribution in [0.3, 0.4) is 0 Å². The molecule has 0 saturated carbocycles. The molecule has 0 spiro atoms. The molecule has 3 unspecified atom stereocenters. The topological polar surface area (TPSA) is 51.4 Å². The van der Waals surface area contributed by atoms with Crippen LogP contribution in [0.25, 0.3) is 27.5 Å². The summed E-state index contributed by atoms with van der Waals surface area (Å²) in [6, 6.07) is 49.2. The number of aromatic nitrogens is 1. The van der Waals surface area contributed by atoms with Crippen LogP contribution in [-0.4, -0.2) is 23.2 Å². The van der Waals surface area contributed by atoms with Crippen LogP contribution < -0.4 is 14.4 Å². The Balaban J connectivity index is 1.16. The quantitative estimate of drug-likeness (QED) is 0.0537. The molecule has 6 heteroatoms. The van der Waals surface area contributed by atoms with Gasteiger partial charge in [-0.15, -0.1) is 5.10 Å². The molecule has 6 aromatic carbocycles. The summed E-state index contributed by atoms with van der Waals surface area (Å²) in [5.41, 5.74) is 10.2. The minimum atomic E-state index is 0.114. The van der Waals surface area contributed by atoms with Crippen LogP contribution in [0, 0.1) is 5.41 Å². The van der Waals surface area contributed by atoms with E-state index in [0.717, 1.165) is 40.0 Å². The number of nitrogens with zero attached hydrogens (tertiary/aromatic N) is 4. The van der Waals surface area contributed by atoms with Crippen molar-refractivity contribution in [2.75, 3.05) is 4.90 Å².